The highest BCUT2D eigenvalue weighted by atomic mass is 19.4. The van der Waals surface area contributed by atoms with E-state index in [2.05, 4.69) is 4.74 Å². The summed E-state index contributed by atoms with van der Waals surface area (Å²) in [6.45, 7) is 0. The van der Waals surface area contributed by atoms with Crippen molar-refractivity contribution in [3.63, 3.8) is 0 Å². The molecule has 32 heavy (non-hydrogen) atoms. The van der Waals surface area contributed by atoms with E-state index >= 15 is 0 Å². The second kappa shape index (κ2) is 7.69. The maximum atomic E-state index is 14.9. The minimum atomic E-state index is -4.88. The fourth-order valence-electron chi connectivity index (χ4n) is 3.83. The quantitative estimate of drug-likeness (QED) is 0.586. The van der Waals surface area contributed by atoms with Crippen LogP contribution in [0.2, 0.25) is 0 Å². The van der Waals surface area contributed by atoms with Crippen LogP contribution in [0.1, 0.15) is 29.6 Å². The molecule has 0 saturated heterocycles. The van der Waals surface area contributed by atoms with Crippen LogP contribution < -0.4 is 10.3 Å². The van der Waals surface area contributed by atoms with E-state index in [0.717, 1.165) is 29.0 Å². The lowest BCUT2D eigenvalue weighted by molar-refractivity contribution is -0.274. The first-order valence-electron chi connectivity index (χ1n) is 9.31. The minimum Gasteiger partial charge on any atom is -0.506 e. The lowest BCUT2D eigenvalue weighted by atomic mass is 10.0. The summed E-state index contributed by atoms with van der Waals surface area (Å²) in [5.74, 6) is -2.77. The number of aliphatic hydroxyl groups excluding tert-OH is 1. The van der Waals surface area contributed by atoms with Gasteiger partial charge in [0.1, 0.15) is 17.3 Å². The van der Waals surface area contributed by atoms with Gasteiger partial charge in [-0.1, -0.05) is 18.2 Å². The highest BCUT2D eigenvalue weighted by Crippen LogP contribution is 2.42. The molecule has 164 valence electrons. The number of hydrogen-bond acceptors (Lipinski definition) is 5. The van der Waals surface area contributed by atoms with Crippen molar-refractivity contribution in [1.82, 2.24) is 4.57 Å². The third-order valence-corrected chi connectivity index (χ3v) is 5.17. The number of hydrogen-bond donors (Lipinski definition) is 2. The molecule has 1 aromatic heterocycles. The summed E-state index contributed by atoms with van der Waals surface area (Å²) in [6.07, 6.45) is -5.16. The van der Waals surface area contributed by atoms with Crippen LogP contribution in [0.15, 0.2) is 53.5 Å². The molecule has 3 aromatic rings. The summed E-state index contributed by atoms with van der Waals surface area (Å²) >= 11 is 0. The number of alkyl halides is 3. The third kappa shape index (κ3) is 3.78. The molecule has 0 radical (unpaired) electrons. The van der Waals surface area contributed by atoms with Gasteiger partial charge in [0.05, 0.1) is 30.0 Å². The van der Waals surface area contributed by atoms with Crippen molar-refractivity contribution >= 4 is 0 Å². The van der Waals surface area contributed by atoms with Gasteiger partial charge in [-0.25, -0.2) is 4.39 Å². The molecule has 4 rings (SSSR count). The van der Waals surface area contributed by atoms with Crippen LogP contribution in [-0.4, -0.2) is 21.1 Å². The van der Waals surface area contributed by atoms with Crippen molar-refractivity contribution < 1.29 is 32.5 Å². The van der Waals surface area contributed by atoms with E-state index in [4.69, 9.17) is 0 Å². The molecule has 6 nitrogen and oxygen atoms in total. The highest BCUT2D eigenvalue weighted by Gasteiger charge is 2.36. The highest BCUT2D eigenvalue weighted by molar-refractivity contribution is 5.66. The average molecular weight is 446 g/mol. The van der Waals surface area contributed by atoms with E-state index in [1.165, 1.54) is 24.3 Å². The zero-order chi connectivity index (χ0) is 23.2. The number of aromatic hydroxyl groups is 1. The maximum absolute atomic E-state index is 14.9. The number of ether oxygens (including phenoxy) is 1. The first kappa shape index (κ1) is 21.4. The number of nitrogens with zero attached hydrogens (tertiary/aromatic N) is 2. The number of aromatic nitrogens is 1. The second-order valence-electron chi connectivity index (χ2n) is 7.19. The minimum absolute atomic E-state index is 0.0451. The normalized spacial score (nSPS) is 17.6. The molecule has 1 heterocycles. The predicted molar refractivity (Wildman–Crippen MR) is 104 cm³/mol. The van der Waals surface area contributed by atoms with Gasteiger partial charge in [0.15, 0.2) is 0 Å². The molecule has 0 saturated carbocycles. The monoisotopic (exact) mass is 446 g/mol. The smallest absolute Gasteiger partial charge is 0.506 e. The molecule has 2 unspecified atom stereocenters. The van der Waals surface area contributed by atoms with Crippen LogP contribution in [0.4, 0.5) is 17.6 Å². The number of rotatable bonds is 3. The standard InChI is InChI=1S/C22H14F4N2O4/c23-15-7-12(11-2-1-3-14(6-11)32-22(24,25)26)4-5-16(15)28-10-18(30)20-17(29)8-13(9-27)19(20)21(28)31/h1-7,10,13,17,29-30H,8H2. The number of pyridine rings is 1. The SMILES string of the molecule is N#CC1CC(O)c2c(O)cn(-c3ccc(-c4cccc(OC(F)(F)F)c4)cc3F)c(=O)c21. The molecule has 1 aliphatic carbocycles. The van der Waals surface area contributed by atoms with Gasteiger partial charge < -0.3 is 14.9 Å². The van der Waals surface area contributed by atoms with Crippen molar-refractivity contribution in [2.45, 2.75) is 24.8 Å². The molecule has 0 bridgehead atoms. The van der Waals surface area contributed by atoms with Gasteiger partial charge in [0.25, 0.3) is 5.56 Å². The number of benzene rings is 2. The third-order valence-electron chi connectivity index (χ3n) is 5.17. The molecule has 0 amide bonds. The average Bonchev–Trinajstić information content (AvgIpc) is 3.07. The first-order valence-corrected chi connectivity index (χ1v) is 9.31. The van der Waals surface area contributed by atoms with Gasteiger partial charge in [0, 0.05) is 11.1 Å². The number of fused-ring (bicyclic) bond motifs is 1. The Bertz CT molecular complexity index is 1310. The van der Waals surface area contributed by atoms with Crippen molar-refractivity contribution in [2.75, 3.05) is 0 Å². The van der Waals surface area contributed by atoms with Crippen LogP contribution in [-0.2, 0) is 0 Å². The largest absolute Gasteiger partial charge is 0.573 e. The Labute approximate surface area is 178 Å². The molecule has 2 aromatic carbocycles. The van der Waals surface area contributed by atoms with Crippen LogP contribution in [0.25, 0.3) is 16.8 Å². The van der Waals surface area contributed by atoms with Gasteiger partial charge in [0.2, 0.25) is 0 Å². The number of halogens is 4. The van der Waals surface area contributed by atoms with E-state index in [-0.39, 0.29) is 34.4 Å². The second-order valence-corrected chi connectivity index (χ2v) is 7.19. The fourth-order valence-corrected chi connectivity index (χ4v) is 3.83. The van der Waals surface area contributed by atoms with Gasteiger partial charge >= 0.3 is 6.36 Å². The van der Waals surface area contributed by atoms with Gasteiger partial charge in [-0.15, -0.1) is 13.2 Å². The maximum Gasteiger partial charge on any atom is 0.573 e. The zero-order valence-corrected chi connectivity index (χ0v) is 16.1. The molecule has 0 spiro atoms. The Balaban J connectivity index is 1.77. The Kier molecular flexibility index (Phi) is 5.14. The number of aliphatic hydroxyl groups is 1. The first-order chi connectivity index (χ1) is 15.1. The van der Waals surface area contributed by atoms with E-state index in [1.54, 1.807) is 0 Å². The summed E-state index contributed by atoms with van der Waals surface area (Å²) in [5.41, 5.74) is -0.667. The van der Waals surface area contributed by atoms with Crippen LogP contribution in [0, 0.1) is 17.1 Å². The molecule has 0 fully saturated rings. The number of nitriles is 1. The van der Waals surface area contributed by atoms with Crippen molar-refractivity contribution in [3.05, 3.63) is 76.0 Å². The molecule has 2 atom stereocenters. The Morgan fingerprint density at radius 3 is 2.50 bits per heavy atom. The van der Waals surface area contributed by atoms with Gasteiger partial charge in [-0.3, -0.25) is 9.36 Å². The Morgan fingerprint density at radius 2 is 1.84 bits per heavy atom. The fraction of sp³-hybridized carbons (Fsp3) is 0.182. The summed E-state index contributed by atoms with van der Waals surface area (Å²) in [5, 5.41) is 29.6. The molecule has 10 heteroatoms. The summed E-state index contributed by atoms with van der Waals surface area (Å²) in [7, 11) is 0. The van der Waals surface area contributed by atoms with Crippen molar-refractivity contribution in [1.29, 1.82) is 5.26 Å². The van der Waals surface area contributed by atoms with Gasteiger partial charge in [-0.05, 0) is 41.8 Å². The lowest BCUT2D eigenvalue weighted by Crippen LogP contribution is -2.24. The molecule has 1 aliphatic rings. The van der Waals surface area contributed by atoms with Crippen LogP contribution in [0.5, 0.6) is 11.5 Å². The topological polar surface area (TPSA) is 95.5 Å². The summed E-state index contributed by atoms with van der Waals surface area (Å²) < 4.78 is 57.0. The van der Waals surface area contributed by atoms with E-state index < -0.39 is 41.3 Å². The molecule has 0 aliphatic heterocycles. The molecular formula is C22H14F4N2O4. The van der Waals surface area contributed by atoms with E-state index in [1.807, 2.05) is 6.07 Å². The Hall–Kier alpha value is -3.84. The zero-order valence-electron chi connectivity index (χ0n) is 16.1. The van der Waals surface area contributed by atoms with Crippen LogP contribution in [0.3, 0.4) is 0 Å². The Morgan fingerprint density at radius 1 is 1.12 bits per heavy atom. The predicted octanol–water partition coefficient (Wildman–Crippen LogP) is 4.29. The van der Waals surface area contributed by atoms with E-state index in [0.29, 0.717) is 0 Å². The van der Waals surface area contributed by atoms with Gasteiger partial charge in [-0.2, -0.15) is 5.26 Å². The molecule has 2 N–H and O–H groups in total. The summed E-state index contributed by atoms with van der Waals surface area (Å²) in [6, 6.07) is 10.5. The molecular weight excluding hydrogens is 432 g/mol. The van der Waals surface area contributed by atoms with Crippen molar-refractivity contribution in [2.24, 2.45) is 0 Å². The van der Waals surface area contributed by atoms with E-state index in [9.17, 15) is 37.8 Å². The lowest BCUT2D eigenvalue weighted by Gasteiger charge is -2.14. The van der Waals surface area contributed by atoms with Crippen molar-refractivity contribution in [3.8, 4) is 34.4 Å². The van der Waals surface area contributed by atoms with Crippen LogP contribution >= 0.6 is 0 Å². The summed E-state index contributed by atoms with van der Waals surface area (Å²) in [4.78, 5) is 12.9.